The molecule has 12 nitrogen and oxygen atoms in total. The van der Waals surface area contributed by atoms with Crippen LogP contribution in [-0.2, 0) is 27.4 Å². The van der Waals surface area contributed by atoms with Gasteiger partial charge >= 0.3 is 25.7 Å². The largest absolute Gasteiger partial charge is 0.521 e. The summed E-state index contributed by atoms with van der Waals surface area (Å²) in [6.07, 6.45) is 4.79. The molecule has 4 rings (SSSR count). The van der Waals surface area contributed by atoms with Gasteiger partial charge in [-0.25, -0.2) is 0 Å². The second kappa shape index (κ2) is 14.0. The molecule has 0 aliphatic carbocycles. The van der Waals surface area contributed by atoms with Gasteiger partial charge in [0, 0.05) is 47.8 Å². The summed E-state index contributed by atoms with van der Waals surface area (Å²) < 4.78 is 25.0. The molecule has 0 unspecified atom stereocenters. The van der Waals surface area contributed by atoms with Crippen molar-refractivity contribution in [1.82, 2.24) is 10.6 Å². The number of benzene rings is 2. The van der Waals surface area contributed by atoms with Gasteiger partial charge in [0.05, 0.1) is 0 Å². The first-order valence-corrected chi connectivity index (χ1v) is 20.9. The Hall–Kier alpha value is -4.03. The molecule has 220 valence electrons. The summed E-state index contributed by atoms with van der Waals surface area (Å²) in [5.41, 5.74) is 13.0. The molecule has 0 spiro atoms. The van der Waals surface area contributed by atoms with Crippen LogP contribution in [0.4, 0.5) is 11.4 Å². The zero-order valence-corrected chi connectivity index (χ0v) is 26.8. The molecule has 41 heavy (non-hydrogen) atoms. The van der Waals surface area contributed by atoms with Crippen LogP contribution in [0, 0.1) is 0 Å². The van der Waals surface area contributed by atoms with Gasteiger partial charge < -0.3 is 28.5 Å². The van der Waals surface area contributed by atoms with E-state index in [0.29, 0.717) is 22.9 Å². The SMILES string of the molecule is C[Si](C)(Oc1cccc(N)c1)O[Si](C)(C)O[Si](C)(C)Oc1cccc(N)c1.O=C1C=CC(=O)N1.O=C1C=CC(=O)N1. The van der Waals surface area contributed by atoms with E-state index in [1.165, 1.54) is 24.3 Å². The number of nitrogen functional groups attached to an aromatic ring is 2. The number of nitrogens with one attached hydrogen (secondary N) is 2. The van der Waals surface area contributed by atoms with E-state index in [0.717, 1.165) is 0 Å². The lowest BCUT2D eigenvalue weighted by atomic mass is 10.3. The zero-order chi connectivity index (χ0) is 30.8. The first-order valence-electron chi connectivity index (χ1n) is 12.5. The number of carbonyl (C=O) groups is 4. The Morgan fingerprint density at radius 3 is 1.10 bits per heavy atom. The molecule has 0 saturated carbocycles. The van der Waals surface area contributed by atoms with Crippen molar-refractivity contribution < 1.29 is 36.3 Å². The third-order valence-electron chi connectivity index (χ3n) is 4.69. The molecule has 2 aliphatic heterocycles. The number of rotatable bonds is 8. The van der Waals surface area contributed by atoms with E-state index >= 15 is 0 Å². The van der Waals surface area contributed by atoms with Crippen LogP contribution in [0.5, 0.6) is 11.5 Å². The molecule has 0 atom stereocenters. The number of anilines is 2. The molecule has 4 amide bonds. The zero-order valence-electron chi connectivity index (χ0n) is 23.8. The van der Waals surface area contributed by atoms with E-state index in [-0.39, 0.29) is 23.6 Å². The Kier molecular flexibility index (Phi) is 11.4. The van der Waals surface area contributed by atoms with Gasteiger partial charge in [0.2, 0.25) is 0 Å². The van der Waals surface area contributed by atoms with Crippen LogP contribution in [0.3, 0.4) is 0 Å². The third kappa shape index (κ3) is 13.3. The van der Waals surface area contributed by atoms with E-state index in [4.69, 9.17) is 28.5 Å². The Morgan fingerprint density at radius 1 is 0.537 bits per heavy atom. The van der Waals surface area contributed by atoms with E-state index in [1.807, 2.05) is 86.3 Å². The van der Waals surface area contributed by atoms with Crippen molar-refractivity contribution in [2.75, 3.05) is 11.5 Å². The molecule has 2 aromatic carbocycles. The summed E-state index contributed by atoms with van der Waals surface area (Å²) in [6.45, 7) is 12.0. The van der Waals surface area contributed by atoms with Crippen LogP contribution >= 0.6 is 0 Å². The highest BCUT2D eigenvalue weighted by Gasteiger charge is 2.43. The Labute approximate surface area is 242 Å². The molecule has 15 heteroatoms. The maximum atomic E-state index is 10.0. The summed E-state index contributed by atoms with van der Waals surface area (Å²) in [7, 11) is -7.45. The lowest BCUT2D eigenvalue weighted by Gasteiger charge is -2.37. The molecule has 0 radical (unpaired) electrons. The quantitative estimate of drug-likeness (QED) is 0.196. The van der Waals surface area contributed by atoms with Gasteiger partial charge in [0.25, 0.3) is 23.6 Å². The average Bonchev–Trinajstić information content (AvgIpc) is 3.37. The van der Waals surface area contributed by atoms with Gasteiger partial charge in [-0.2, -0.15) is 0 Å². The second-order valence-electron chi connectivity index (χ2n) is 10.1. The Bertz CT molecular complexity index is 1210. The van der Waals surface area contributed by atoms with Crippen molar-refractivity contribution in [3.63, 3.8) is 0 Å². The van der Waals surface area contributed by atoms with E-state index in [2.05, 4.69) is 0 Å². The van der Waals surface area contributed by atoms with Gasteiger partial charge in [0.1, 0.15) is 11.5 Å². The minimum Gasteiger partial charge on any atom is -0.521 e. The Morgan fingerprint density at radius 2 is 0.854 bits per heavy atom. The fourth-order valence-electron chi connectivity index (χ4n) is 3.68. The highest BCUT2D eigenvalue weighted by molar-refractivity contribution is 6.84. The van der Waals surface area contributed by atoms with Crippen molar-refractivity contribution in [2.24, 2.45) is 0 Å². The molecule has 2 aliphatic rings. The number of hydrogen-bond donors (Lipinski definition) is 4. The average molecular weight is 617 g/mol. The lowest BCUT2D eigenvalue weighted by molar-refractivity contribution is -0.125. The fourth-order valence-corrected chi connectivity index (χ4v) is 15.4. The number of hydrogen-bond acceptors (Lipinski definition) is 10. The summed E-state index contributed by atoms with van der Waals surface area (Å²) in [6, 6.07) is 14.7. The van der Waals surface area contributed by atoms with Crippen LogP contribution in [0.2, 0.25) is 39.3 Å². The van der Waals surface area contributed by atoms with Crippen molar-refractivity contribution in [3.05, 3.63) is 72.8 Å². The van der Waals surface area contributed by atoms with Gasteiger partial charge in [-0.05, 0) is 63.5 Å². The molecule has 0 bridgehead atoms. The molecular formula is C26H36N4O8Si3. The lowest BCUT2D eigenvalue weighted by Crippen LogP contribution is -2.56. The molecule has 0 saturated heterocycles. The number of amides is 4. The minimum atomic E-state index is -2.50. The molecule has 0 fully saturated rings. The third-order valence-corrected chi connectivity index (χ3v) is 14.0. The van der Waals surface area contributed by atoms with Crippen LogP contribution < -0.4 is 31.0 Å². The first-order chi connectivity index (χ1) is 18.9. The van der Waals surface area contributed by atoms with Gasteiger partial charge in [0.15, 0.2) is 0 Å². The molecule has 2 aromatic rings. The monoisotopic (exact) mass is 616 g/mol. The predicted molar refractivity (Wildman–Crippen MR) is 162 cm³/mol. The highest BCUT2D eigenvalue weighted by Crippen LogP contribution is 2.26. The maximum Gasteiger partial charge on any atom is 0.383 e. The normalized spacial score (nSPS) is 14.4. The number of nitrogens with two attached hydrogens (primary N) is 2. The molecule has 6 N–H and O–H groups in total. The van der Waals surface area contributed by atoms with E-state index in [1.54, 1.807) is 12.1 Å². The van der Waals surface area contributed by atoms with Crippen LogP contribution in [-0.4, -0.2) is 49.3 Å². The standard InChI is InChI=1S/C18H30N2O4Si3.2C4H3NO2/c1-25(2,21-17-11-7-9-15(19)13-17)23-27(5,6)24-26(3,4)22-18-12-8-10-16(20)14-18;2*6-3-1-2-4(7)5-3/h7-14H,19-20H2,1-6H3;2*1-2H,(H,5,6,7). The second-order valence-corrected chi connectivity index (χ2v) is 20.6. The van der Waals surface area contributed by atoms with Crippen LogP contribution in [0.15, 0.2) is 72.8 Å². The smallest absolute Gasteiger partial charge is 0.383 e. The summed E-state index contributed by atoms with van der Waals surface area (Å²) in [4.78, 5) is 40.1. The van der Waals surface area contributed by atoms with Crippen molar-refractivity contribution in [3.8, 4) is 11.5 Å². The van der Waals surface area contributed by atoms with Crippen LogP contribution in [0.25, 0.3) is 0 Å². The van der Waals surface area contributed by atoms with Gasteiger partial charge in [-0.1, -0.05) is 12.1 Å². The number of imide groups is 2. The summed E-state index contributed by atoms with van der Waals surface area (Å²) >= 11 is 0. The minimum absolute atomic E-state index is 0.329. The molecular weight excluding hydrogens is 581 g/mol. The first kappa shape index (κ1) is 33.2. The molecule has 0 aromatic heterocycles. The summed E-state index contributed by atoms with van der Waals surface area (Å²) in [5, 5.41) is 4.06. The van der Waals surface area contributed by atoms with Crippen molar-refractivity contribution in [2.45, 2.75) is 39.3 Å². The predicted octanol–water partition coefficient (Wildman–Crippen LogP) is 2.85. The van der Waals surface area contributed by atoms with E-state index < -0.39 is 25.7 Å². The number of carbonyl (C=O) groups excluding carboxylic acids is 4. The maximum absolute atomic E-state index is 10.0. The highest BCUT2D eigenvalue weighted by atomic mass is 28.5. The van der Waals surface area contributed by atoms with Gasteiger partial charge in [-0.3, -0.25) is 29.8 Å². The van der Waals surface area contributed by atoms with Gasteiger partial charge in [-0.15, -0.1) is 0 Å². The van der Waals surface area contributed by atoms with Crippen LogP contribution in [0.1, 0.15) is 0 Å². The summed E-state index contributed by atoms with van der Waals surface area (Å²) in [5.74, 6) is 0.109. The fraction of sp³-hybridized carbons (Fsp3) is 0.231. The van der Waals surface area contributed by atoms with Crippen molar-refractivity contribution >= 4 is 60.7 Å². The molecule has 2 heterocycles. The Balaban J connectivity index is 0.000000338. The van der Waals surface area contributed by atoms with Crippen molar-refractivity contribution in [1.29, 1.82) is 0 Å². The topological polar surface area (TPSA) is 181 Å². The van der Waals surface area contributed by atoms with E-state index in [9.17, 15) is 19.2 Å².